The normalized spacial score (nSPS) is 27.5. The van der Waals surface area contributed by atoms with Crippen molar-refractivity contribution in [1.29, 1.82) is 0 Å². The minimum Gasteiger partial charge on any atom is -0.381 e. The van der Waals surface area contributed by atoms with E-state index in [1.807, 2.05) is 10.9 Å². The van der Waals surface area contributed by atoms with Crippen LogP contribution in [0.3, 0.4) is 0 Å². The Hall–Kier alpha value is -1.45. The third-order valence-electron chi connectivity index (χ3n) is 6.20. The zero-order chi connectivity index (χ0) is 19.1. The van der Waals surface area contributed by atoms with Gasteiger partial charge in [-0.1, -0.05) is 0 Å². The lowest BCUT2D eigenvalue weighted by molar-refractivity contribution is -0.130. The summed E-state index contributed by atoms with van der Waals surface area (Å²) in [4.78, 5) is 15.3. The maximum atomic E-state index is 13.0. The Bertz CT molecular complexity index is 788. The summed E-state index contributed by atoms with van der Waals surface area (Å²) in [6.07, 6.45) is 5.70. The molecule has 3 aliphatic rings. The number of nitrogens with zero attached hydrogens (tertiary/aromatic N) is 3. The van der Waals surface area contributed by atoms with E-state index in [2.05, 4.69) is 28.4 Å². The molecule has 1 atom stereocenters. The van der Waals surface area contributed by atoms with Crippen molar-refractivity contribution in [2.24, 2.45) is 11.3 Å². The summed E-state index contributed by atoms with van der Waals surface area (Å²) in [5, 5.41) is 7.32. The van der Waals surface area contributed by atoms with E-state index in [0.717, 1.165) is 38.0 Å². The van der Waals surface area contributed by atoms with Crippen molar-refractivity contribution in [3.63, 3.8) is 0 Å². The quantitative estimate of drug-likeness (QED) is 0.756. The zero-order valence-electron chi connectivity index (χ0n) is 15.8. The van der Waals surface area contributed by atoms with Crippen LogP contribution in [0.25, 0.3) is 0 Å². The largest absolute Gasteiger partial charge is 0.381 e. The lowest BCUT2D eigenvalue weighted by Gasteiger charge is -2.38. The molecule has 0 aromatic carbocycles. The number of likely N-dealkylation sites (tertiary alicyclic amines) is 1. The van der Waals surface area contributed by atoms with E-state index < -0.39 is 9.84 Å². The van der Waals surface area contributed by atoms with Gasteiger partial charge in [0.25, 0.3) is 0 Å². The maximum absolute atomic E-state index is 13.0. The SMILES string of the molecule is CCn1cc(CN2C[C@@H](C(=O)NC3CS(=O)(=O)C3)C3(CCOCC3)C2)cn1. The first-order valence-electron chi connectivity index (χ1n) is 9.71. The molecule has 0 bridgehead atoms. The van der Waals surface area contributed by atoms with Crippen molar-refractivity contribution in [3.05, 3.63) is 18.0 Å². The smallest absolute Gasteiger partial charge is 0.225 e. The standard InChI is InChI=1S/C18H28N4O4S/c1-2-22-9-14(7-19-22)8-21-10-16(18(13-21)3-5-26-6-4-18)17(23)20-15-11-27(24,25)12-15/h7,9,15-16H,2-6,8,10-13H2,1H3,(H,20,23)/t16-/m0/s1. The molecule has 0 saturated carbocycles. The predicted octanol–water partition coefficient (Wildman–Crippen LogP) is 0.0448. The van der Waals surface area contributed by atoms with Crippen LogP contribution in [0.4, 0.5) is 0 Å². The third-order valence-corrected chi connectivity index (χ3v) is 8.02. The van der Waals surface area contributed by atoms with Crippen LogP contribution in [0.5, 0.6) is 0 Å². The molecule has 3 fully saturated rings. The van der Waals surface area contributed by atoms with Crippen LogP contribution in [0.15, 0.2) is 12.4 Å². The molecular weight excluding hydrogens is 368 g/mol. The number of sulfone groups is 1. The number of rotatable bonds is 5. The molecule has 3 aliphatic heterocycles. The van der Waals surface area contributed by atoms with Gasteiger partial charge in [0.2, 0.25) is 5.91 Å². The first-order chi connectivity index (χ1) is 12.9. The molecule has 27 heavy (non-hydrogen) atoms. The molecule has 9 heteroatoms. The molecule has 1 spiro atoms. The fraction of sp³-hybridized carbons (Fsp3) is 0.778. The Labute approximate surface area is 160 Å². The highest BCUT2D eigenvalue weighted by molar-refractivity contribution is 7.92. The molecule has 1 aromatic heterocycles. The predicted molar refractivity (Wildman–Crippen MR) is 99.7 cm³/mol. The van der Waals surface area contributed by atoms with Crippen LogP contribution in [-0.4, -0.2) is 72.9 Å². The molecule has 4 heterocycles. The van der Waals surface area contributed by atoms with E-state index in [1.54, 1.807) is 0 Å². The molecule has 0 aliphatic carbocycles. The monoisotopic (exact) mass is 396 g/mol. The molecule has 1 amide bonds. The average Bonchev–Trinajstić information content (AvgIpc) is 3.19. The Morgan fingerprint density at radius 2 is 2.11 bits per heavy atom. The zero-order valence-corrected chi connectivity index (χ0v) is 16.6. The van der Waals surface area contributed by atoms with Gasteiger partial charge in [-0.3, -0.25) is 14.4 Å². The Kier molecular flexibility index (Phi) is 5.02. The Morgan fingerprint density at radius 1 is 1.37 bits per heavy atom. The van der Waals surface area contributed by atoms with Crippen LogP contribution < -0.4 is 5.32 Å². The number of aromatic nitrogens is 2. The van der Waals surface area contributed by atoms with Gasteiger partial charge in [-0.05, 0) is 19.8 Å². The first-order valence-corrected chi connectivity index (χ1v) is 11.5. The van der Waals surface area contributed by atoms with E-state index in [9.17, 15) is 13.2 Å². The molecule has 8 nitrogen and oxygen atoms in total. The van der Waals surface area contributed by atoms with Crippen molar-refractivity contribution in [2.75, 3.05) is 37.8 Å². The lowest BCUT2D eigenvalue weighted by atomic mass is 9.71. The number of carbonyl (C=O) groups excluding carboxylic acids is 1. The average molecular weight is 397 g/mol. The second-order valence-electron chi connectivity index (χ2n) is 8.18. The second-order valence-corrected chi connectivity index (χ2v) is 10.3. The third kappa shape index (κ3) is 3.90. The van der Waals surface area contributed by atoms with Gasteiger partial charge in [0.15, 0.2) is 9.84 Å². The van der Waals surface area contributed by atoms with Crippen molar-refractivity contribution < 1.29 is 17.9 Å². The number of nitrogens with one attached hydrogen (secondary N) is 1. The Morgan fingerprint density at radius 3 is 2.74 bits per heavy atom. The number of carbonyl (C=O) groups is 1. The number of hydrogen-bond donors (Lipinski definition) is 1. The molecule has 150 valence electrons. The van der Waals surface area contributed by atoms with E-state index >= 15 is 0 Å². The lowest BCUT2D eigenvalue weighted by Crippen LogP contribution is -2.56. The van der Waals surface area contributed by atoms with Crippen molar-refractivity contribution in [2.45, 2.75) is 38.9 Å². The molecule has 3 saturated heterocycles. The van der Waals surface area contributed by atoms with Crippen LogP contribution in [0.1, 0.15) is 25.3 Å². The molecule has 4 rings (SSSR count). The summed E-state index contributed by atoms with van der Waals surface area (Å²) in [5.41, 5.74) is 1.08. The summed E-state index contributed by atoms with van der Waals surface area (Å²) >= 11 is 0. The second kappa shape index (κ2) is 7.18. The number of amides is 1. The van der Waals surface area contributed by atoms with Gasteiger partial charge in [-0.25, -0.2) is 8.42 Å². The Balaban J connectivity index is 1.45. The van der Waals surface area contributed by atoms with Gasteiger partial charge in [-0.2, -0.15) is 5.10 Å². The van der Waals surface area contributed by atoms with Crippen molar-refractivity contribution in [1.82, 2.24) is 20.0 Å². The number of ether oxygens (including phenoxy) is 1. The summed E-state index contributed by atoms with van der Waals surface area (Å²) in [6, 6.07) is -0.226. The van der Waals surface area contributed by atoms with Gasteiger partial charge < -0.3 is 10.1 Å². The fourth-order valence-electron chi connectivity index (χ4n) is 4.71. The van der Waals surface area contributed by atoms with Gasteiger partial charge in [0.1, 0.15) is 0 Å². The van der Waals surface area contributed by atoms with Gasteiger partial charge >= 0.3 is 0 Å². The molecule has 0 radical (unpaired) electrons. The van der Waals surface area contributed by atoms with Gasteiger partial charge in [-0.15, -0.1) is 0 Å². The fourth-order valence-corrected chi connectivity index (χ4v) is 6.00. The highest BCUT2D eigenvalue weighted by atomic mass is 32.2. The van der Waals surface area contributed by atoms with E-state index in [1.165, 1.54) is 0 Å². The number of aryl methyl sites for hydroxylation is 1. The van der Waals surface area contributed by atoms with Gasteiger partial charge in [0, 0.05) is 56.6 Å². The van der Waals surface area contributed by atoms with Crippen LogP contribution in [-0.2, 0) is 32.5 Å². The highest BCUT2D eigenvalue weighted by Crippen LogP contribution is 2.45. The summed E-state index contributed by atoms with van der Waals surface area (Å²) in [7, 11) is -2.94. The highest BCUT2D eigenvalue weighted by Gasteiger charge is 2.51. The van der Waals surface area contributed by atoms with E-state index in [0.29, 0.717) is 19.8 Å². The minimum atomic E-state index is -2.94. The van der Waals surface area contributed by atoms with Crippen LogP contribution in [0.2, 0.25) is 0 Å². The van der Waals surface area contributed by atoms with E-state index in [4.69, 9.17) is 4.74 Å². The van der Waals surface area contributed by atoms with E-state index in [-0.39, 0.29) is 34.8 Å². The molecular formula is C18H28N4O4S. The summed E-state index contributed by atoms with van der Waals surface area (Å²) in [6.45, 7) is 6.62. The minimum absolute atomic E-state index is 0.00329. The van der Waals surface area contributed by atoms with Crippen molar-refractivity contribution >= 4 is 15.7 Å². The summed E-state index contributed by atoms with van der Waals surface area (Å²) < 4.78 is 30.3. The van der Waals surface area contributed by atoms with Gasteiger partial charge in [0.05, 0.1) is 29.7 Å². The number of hydrogen-bond acceptors (Lipinski definition) is 6. The van der Waals surface area contributed by atoms with Crippen molar-refractivity contribution in [3.8, 4) is 0 Å². The molecule has 1 N–H and O–H groups in total. The maximum Gasteiger partial charge on any atom is 0.225 e. The topological polar surface area (TPSA) is 93.5 Å². The van der Waals surface area contributed by atoms with Crippen LogP contribution in [0, 0.1) is 11.3 Å². The molecule has 1 aromatic rings. The first kappa shape index (κ1) is 18.9. The van der Waals surface area contributed by atoms with Crippen LogP contribution >= 0.6 is 0 Å². The summed E-state index contributed by atoms with van der Waals surface area (Å²) in [5.74, 6) is 0.0256. The molecule has 0 unspecified atom stereocenters.